The third-order valence-electron chi connectivity index (χ3n) is 9.03. The molecular weight excluding hydrogens is 621 g/mol. The molecular formula is C44H29NSe. The van der Waals surface area contributed by atoms with Gasteiger partial charge < -0.3 is 0 Å². The fraction of sp³-hybridized carbons (Fsp3) is 0. The van der Waals surface area contributed by atoms with E-state index in [1.54, 1.807) is 0 Å². The van der Waals surface area contributed by atoms with Gasteiger partial charge in [-0.25, -0.2) is 0 Å². The summed E-state index contributed by atoms with van der Waals surface area (Å²) in [6.45, 7) is 0. The molecule has 216 valence electrons. The van der Waals surface area contributed by atoms with E-state index in [4.69, 9.17) is 0 Å². The summed E-state index contributed by atoms with van der Waals surface area (Å²) in [7, 11) is 0. The van der Waals surface area contributed by atoms with Gasteiger partial charge in [-0.1, -0.05) is 24.3 Å². The molecule has 0 fully saturated rings. The quantitative estimate of drug-likeness (QED) is 0.132. The second-order valence-corrected chi connectivity index (χ2v) is 14.0. The fourth-order valence-electron chi connectivity index (χ4n) is 6.78. The van der Waals surface area contributed by atoms with Crippen LogP contribution in [0.25, 0.3) is 63.1 Å². The van der Waals surface area contributed by atoms with Crippen LogP contribution < -0.4 is 4.90 Å². The minimum absolute atomic E-state index is 0.271. The van der Waals surface area contributed by atoms with Crippen LogP contribution in [-0.4, -0.2) is 14.5 Å². The van der Waals surface area contributed by atoms with Crippen molar-refractivity contribution >= 4 is 72.4 Å². The molecule has 0 N–H and O–H groups in total. The van der Waals surface area contributed by atoms with Crippen molar-refractivity contribution in [2.24, 2.45) is 0 Å². The molecule has 0 amide bonds. The Labute approximate surface area is 274 Å². The summed E-state index contributed by atoms with van der Waals surface area (Å²) in [6, 6.07) is 64.3. The van der Waals surface area contributed by atoms with Crippen LogP contribution in [-0.2, 0) is 0 Å². The van der Waals surface area contributed by atoms with Crippen LogP contribution >= 0.6 is 0 Å². The summed E-state index contributed by atoms with van der Waals surface area (Å²) < 4.78 is 2.97. The van der Waals surface area contributed by atoms with Crippen LogP contribution in [0.5, 0.6) is 0 Å². The fourth-order valence-corrected chi connectivity index (χ4v) is 9.45. The smallest absolute Gasteiger partial charge is 0.0617 e. The normalized spacial score (nSPS) is 11.5. The SMILES string of the molecule is c1ccc(-c2ccc(N(c3cccc(-c4ccccc4)c3)c3ccc4ccc5ccc6c7ccccc7[se]c6c5c4c3)cc2)cc1. The van der Waals surface area contributed by atoms with Crippen molar-refractivity contribution in [3.63, 3.8) is 0 Å². The van der Waals surface area contributed by atoms with E-state index in [0.29, 0.717) is 0 Å². The topological polar surface area (TPSA) is 3.24 Å². The van der Waals surface area contributed by atoms with Crippen molar-refractivity contribution in [3.8, 4) is 22.3 Å². The van der Waals surface area contributed by atoms with Crippen LogP contribution in [0.4, 0.5) is 17.1 Å². The minimum Gasteiger partial charge on any atom is -0.0617 e. The van der Waals surface area contributed by atoms with Crippen LogP contribution in [0.2, 0.25) is 0 Å². The first-order valence-corrected chi connectivity index (χ1v) is 17.4. The van der Waals surface area contributed by atoms with Gasteiger partial charge in [0.25, 0.3) is 0 Å². The number of hydrogen-bond acceptors (Lipinski definition) is 1. The summed E-state index contributed by atoms with van der Waals surface area (Å²) in [4.78, 5) is 2.41. The molecule has 1 nitrogen and oxygen atoms in total. The van der Waals surface area contributed by atoms with E-state index in [9.17, 15) is 0 Å². The van der Waals surface area contributed by atoms with Crippen molar-refractivity contribution < 1.29 is 0 Å². The molecule has 0 unspecified atom stereocenters. The number of nitrogens with zero attached hydrogens (tertiary/aromatic N) is 1. The molecule has 1 heterocycles. The maximum atomic E-state index is 2.41. The zero-order valence-corrected chi connectivity index (χ0v) is 26.8. The van der Waals surface area contributed by atoms with E-state index in [2.05, 4.69) is 181 Å². The summed E-state index contributed by atoms with van der Waals surface area (Å²) in [5.41, 5.74) is 8.27. The van der Waals surface area contributed by atoms with E-state index in [0.717, 1.165) is 17.1 Å². The molecule has 9 rings (SSSR count). The van der Waals surface area contributed by atoms with Crippen molar-refractivity contribution in [3.05, 3.63) is 176 Å². The maximum absolute atomic E-state index is 2.41. The Morgan fingerprint density at radius 1 is 0.348 bits per heavy atom. The first kappa shape index (κ1) is 27.0. The number of rotatable bonds is 5. The molecule has 0 aliphatic rings. The molecule has 9 aromatic rings. The van der Waals surface area contributed by atoms with Crippen LogP contribution in [0.1, 0.15) is 0 Å². The van der Waals surface area contributed by atoms with E-state index < -0.39 is 0 Å². The first-order chi connectivity index (χ1) is 22.8. The third kappa shape index (κ3) is 4.63. The minimum atomic E-state index is 0.271. The van der Waals surface area contributed by atoms with Gasteiger partial charge in [0.15, 0.2) is 0 Å². The molecule has 0 aliphatic heterocycles. The second-order valence-electron chi connectivity index (χ2n) is 11.8. The molecule has 46 heavy (non-hydrogen) atoms. The molecule has 0 aliphatic carbocycles. The van der Waals surface area contributed by atoms with Gasteiger partial charge >= 0.3 is 251 Å². The van der Waals surface area contributed by atoms with Gasteiger partial charge in [0.2, 0.25) is 0 Å². The Bertz CT molecular complexity index is 2510. The van der Waals surface area contributed by atoms with Crippen molar-refractivity contribution in [2.45, 2.75) is 0 Å². The van der Waals surface area contributed by atoms with Crippen molar-refractivity contribution in [2.75, 3.05) is 4.90 Å². The van der Waals surface area contributed by atoms with Crippen LogP contribution in [0, 0.1) is 0 Å². The standard InChI is InChI=1S/C44H29NSe/c1-3-10-30(11-4-1)32-20-24-36(25-21-32)45(37-15-9-14-35(28-37)31-12-5-2-6-13-31)38-26-22-33-18-19-34-23-27-40-39-16-7-8-17-42(39)46-44(40)43(34)41(33)29-38/h1-29H. The van der Waals surface area contributed by atoms with E-state index in [1.165, 1.54) is 63.1 Å². The summed E-state index contributed by atoms with van der Waals surface area (Å²) >= 11 is 0.271. The van der Waals surface area contributed by atoms with Crippen LogP contribution in [0.3, 0.4) is 0 Å². The van der Waals surface area contributed by atoms with E-state index >= 15 is 0 Å². The average Bonchev–Trinajstić information content (AvgIpc) is 3.52. The molecule has 8 aromatic carbocycles. The Hall–Kier alpha value is -5.40. The third-order valence-corrected chi connectivity index (χ3v) is 11.6. The number of fused-ring (bicyclic) bond motifs is 7. The zero-order chi connectivity index (χ0) is 30.5. The predicted octanol–water partition coefficient (Wildman–Crippen LogP) is 12.2. The molecule has 2 heteroatoms. The second kappa shape index (κ2) is 11.2. The number of benzene rings is 8. The molecule has 0 bridgehead atoms. The monoisotopic (exact) mass is 651 g/mol. The molecule has 1 aromatic heterocycles. The Kier molecular flexibility index (Phi) is 6.56. The van der Waals surface area contributed by atoms with Gasteiger partial charge in [-0.05, 0) is 0 Å². The van der Waals surface area contributed by atoms with Gasteiger partial charge in [-0.15, -0.1) is 0 Å². The van der Waals surface area contributed by atoms with Crippen LogP contribution in [0.15, 0.2) is 176 Å². The Morgan fingerprint density at radius 3 is 1.74 bits per heavy atom. The molecule has 0 saturated heterocycles. The Balaban J connectivity index is 1.27. The molecule has 0 saturated carbocycles. The molecule has 0 atom stereocenters. The van der Waals surface area contributed by atoms with Gasteiger partial charge in [0, 0.05) is 0 Å². The predicted molar refractivity (Wildman–Crippen MR) is 199 cm³/mol. The number of anilines is 3. The van der Waals surface area contributed by atoms with Gasteiger partial charge in [-0.2, -0.15) is 0 Å². The van der Waals surface area contributed by atoms with Crippen molar-refractivity contribution in [1.82, 2.24) is 0 Å². The molecule has 0 spiro atoms. The molecule has 0 radical (unpaired) electrons. The Morgan fingerprint density at radius 2 is 0.935 bits per heavy atom. The first-order valence-electron chi connectivity index (χ1n) is 15.7. The van der Waals surface area contributed by atoms with E-state index in [-0.39, 0.29) is 14.5 Å². The summed E-state index contributed by atoms with van der Waals surface area (Å²) in [6.07, 6.45) is 0. The van der Waals surface area contributed by atoms with Gasteiger partial charge in [0.05, 0.1) is 0 Å². The zero-order valence-electron chi connectivity index (χ0n) is 25.1. The summed E-state index contributed by atoms with van der Waals surface area (Å²) in [5.74, 6) is 0. The summed E-state index contributed by atoms with van der Waals surface area (Å²) in [5, 5.41) is 8.07. The van der Waals surface area contributed by atoms with E-state index in [1.807, 2.05) is 0 Å². The average molecular weight is 651 g/mol. The van der Waals surface area contributed by atoms with Gasteiger partial charge in [-0.3, -0.25) is 0 Å². The number of hydrogen-bond donors (Lipinski definition) is 0. The van der Waals surface area contributed by atoms with Crippen molar-refractivity contribution in [1.29, 1.82) is 0 Å². The van der Waals surface area contributed by atoms with Gasteiger partial charge in [0.1, 0.15) is 0 Å².